The quantitative estimate of drug-likeness (QED) is 0.361. The molecule has 2 heterocycles. The van der Waals surface area contributed by atoms with Gasteiger partial charge >= 0.3 is 5.97 Å². The number of ether oxygens (including phenoxy) is 2. The maximum absolute atomic E-state index is 11.7. The average Bonchev–Trinajstić information content (AvgIpc) is 3.06. The van der Waals surface area contributed by atoms with Crippen molar-refractivity contribution in [3.8, 4) is 11.5 Å². The SMILES string of the molecule is COc1cc(C=NN=C2NC(=O)C(CC(=O)O)S2)ccc1OCc1ccc(Cl)nc1. The first-order valence-corrected chi connectivity index (χ1v) is 9.92. The summed E-state index contributed by atoms with van der Waals surface area (Å²) in [5, 5.41) is 19.1. The minimum atomic E-state index is -1.05. The number of carboxylic acids is 1. The Hall–Kier alpha value is -3.11. The van der Waals surface area contributed by atoms with Gasteiger partial charge < -0.3 is 19.9 Å². The van der Waals surface area contributed by atoms with Crippen LogP contribution in [0.1, 0.15) is 17.5 Å². The molecule has 0 saturated carbocycles. The highest BCUT2D eigenvalue weighted by molar-refractivity contribution is 8.15. The smallest absolute Gasteiger partial charge is 0.305 e. The second kappa shape index (κ2) is 10.1. The molecule has 1 aromatic heterocycles. The van der Waals surface area contributed by atoms with Crippen LogP contribution in [-0.4, -0.2) is 45.7 Å². The van der Waals surface area contributed by atoms with Crippen LogP contribution in [-0.2, 0) is 16.2 Å². The van der Waals surface area contributed by atoms with E-state index in [1.54, 1.807) is 30.5 Å². The van der Waals surface area contributed by atoms with Gasteiger partial charge in [0.1, 0.15) is 17.0 Å². The van der Waals surface area contributed by atoms with Crippen molar-refractivity contribution in [2.24, 2.45) is 10.2 Å². The van der Waals surface area contributed by atoms with Gasteiger partial charge in [0.05, 0.1) is 19.7 Å². The minimum Gasteiger partial charge on any atom is -0.493 e. The summed E-state index contributed by atoms with van der Waals surface area (Å²) in [6, 6.07) is 8.75. The number of methoxy groups -OCH3 is 1. The van der Waals surface area contributed by atoms with Crippen molar-refractivity contribution in [1.82, 2.24) is 10.3 Å². The molecule has 30 heavy (non-hydrogen) atoms. The van der Waals surface area contributed by atoms with E-state index in [0.717, 1.165) is 17.3 Å². The molecule has 0 bridgehead atoms. The summed E-state index contributed by atoms with van der Waals surface area (Å²) < 4.78 is 11.1. The van der Waals surface area contributed by atoms with E-state index in [9.17, 15) is 9.59 Å². The summed E-state index contributed by atoms with van der Waals surface area (Å²) in [4.78, 5) is 26.4. The summed E-state index contributed by atoms with van der Waals surface area (Å²) in [5.74, 6) is -0.380. The van der Waals surface area contributed by atoms with Crippen molar-refractivity contribution in [1.29, 1.82) is 0 Å². The monoisotopic (exact) mass is 448 g/mol. The Bertz CT molecular complexity index is 997. The number of amidine groups is 1. The first-order chi connectivity index (χ1) is 14.4. The van der Waals surface area contributed by atoms with E-state index < -0.39 is 17.1 Å². The number of carbonyl (C=O) groups is 2. The maximum atomic E-state index is 11.7. The van der Waals surface area contributed by atoms with Crippen LogP contribution < -0.4 is 14.8 Å². The van der Waals surface area contributed by atoms with Gasteiger partial charge in [0.15, 0.2) is 16.7 Å². The van der Waals surface area contributed by atoms with Gasteiger partial charge in [-0.1, -0.05) is 29.4 Å². The second-order valence-electron chi connectivity index (χ2n) is 6.03. The third-order valence-electron chi connectivity index (χ3n) is 3.86. The summed E-state index contributed by atoms with van der Waals surface area (Å²) in [6.45, 7) is 0.302. The highest BCUT2D eigenvalue weighted by Crippen LogP contribution is 2.28. The first-order valence-electron chi connectivity index (χ1n) is 8.66. The highest BCUT2D eigenvalue weighted by Gasteiger charge is 2.32. The molecule has 3 rings (SSSR count). The van der Waals surface area contributed by atoms with Crippen LogP contribution in [0.15, 0.2) is 46.7 Å². The molecule has 1 fully saturated rings. The van der Waals surface area contributed by atoms with Gasteiger partial charge in [0.2, 0.25) is 5.91 Å². The van der Waals surface area contributed by atoms with Crippen LogP contribution >= 0.6 is 23.4 Å². The van der Waals surface area contributed by atoms with Gasteiger partial charge in [-0.25, -0.2) is 4.98 Å². The van der Waals surface area contributed by atoms with Crippen molar-refractivity contribution in [2.45, 2.75) is 18.3 Å². The van der Waals surface area contributed by atoms with E-state index in [1.807, 2.05) is 6.07 Å². The molecule has 11 heteroatoms. The highest BCUT2D eigenvalue weighted by atomic mass is 35.5. The van der Waals surface area contributed by atoms with Crippen molar-refractivity contribution in [3.63, 3.8) is 0 Å². The van der Waals surface area contributed by atoms with Gasteiger partial charge in [-0.15, -0.1) is 5.10 Å². The van der Waals surface area contributed by atoms with Crippen LogP contribution in [0.2, 0.25) is 5.15 Å². The van der Waals surface area contributed by atoms with Gasteiger partial charge in [-0.3, -0.25) is 9.59 Å². The number of nitrogens with one attached hydrogen (secondary N) is 1. The number of halogens is 1. The number of carbonyl (C=O) groups excluding carboxylic acids is 1. The zero-order chi connectivity index (χ0) is 21.5. The predicted molar refractivity (Wildman–Crippen MR) is 113 cm³/mol. The summed E-state index contributed by atoms with van der Waals surface area (Å²) in [5.41, 5.74) is 1.56. The molecule has 1 aliphatic rings. The van der Waals surface area contributed by atoms with Gasteiger partial charge in [0, 0.05) is 11.8 Å². The standard InChI is InChI=1S/C19H17ClN4O5S/c1-28-14-6-11(2-4-13(14)29-10-12-3-5-16(20)21-8-12)9-22-24-19-23-18(27)15(30-19)7-17(25)26/h2-6,8-9,15H,7,10H2,1H3,(H,25,26)(H,23,24,27). The van der Waals surface area contributed by atoms with E-state index in [-0.39, 0.29) is 11.6 Å². The zero-order valence-corrected chi connectivity index (χ0v) is 17.3. The van der Waals surface area contributed by atoms with Crippen LogP contribution in [0.5, 0.6) is 11.5 Å². The second-order valence-corrected chi connectivity index (χ2v) is 7.61. The molecule has 0 aliphatic carbocycles. The molecule has 0 radical (unpaired) electrons. The summed E-state index contributed by atoms with van der Waals surface area (Å²) >= 11 is 6.81. The Morgan fingerprint density at radius 1 is 1.37 bits per heavy atom. The maximum Gasteiger partial charge on any atom is 0.305 e. The molecule has 1 saturated heterocycles. The number of benzene rings is 1. The number of pyridine rings is 1. The minimum absolute atomic E-state index is 0.256. The van der Waals surface area contributed by atoms with Gasteiger partial charge in [0.25, 0.3) is 0 Å². The number of hydrogen-bond acceptors (Lipinski definition) is 8. The topological polar surface area (TPSA) is 122 Å². The zero-order valence-electron chi connectivity index (χ0n) is 15.7. The molecule has 1 amide bonds. The van der Waals surface area contributed by atoms with Crippen molar-refractivity contribution < 1.29 is 24.2 Å². The lowest BCUT2D eigenvalue weighted by molar-refractivity contribution is -0.138. The van der Waals surface area contributed by atoms with E-state index in [0.29, 0.717) is 28.8 Å². The van der Waals surface area contributed by atoms with Crippen LogP contribution in [0.25, 0.3) is 0 Å². The molecule has 1 aromatic carbocycles. The van der Waals surface area contributed by atoms with Crippen molar-refractivity contribution in [3.05, 3.63) is 52.8 Å². The average molecular weight is 449 g/mol. The first kappa shape index (κ1) is 21.6. The third kappa shape index (κ3) is 5.94. The molecule has 1 aliphatic heterocycles. The van der Waals surface area contributed by atoms with E-state index in [1.165, 1.54) is 13.3 Å². The van der Waals surface area contributed by atoms with Crippen molar-refractivity contribution in [2.75, 3.05) is 7.11 Å². The number of amides is 1. The molecule has 2 N–H and O–H groups in total. The Morgan fingerprint density at radius 3 is 2.90 bits per heavy atom. The number of aliphatic carboxylic acids is 1. The van der Waals surface area contributed by atoms with Crippen LogP contribution in [0.4, 0.5) is 0 Å². The molecule has 1 atom stereocenters. The molecular formula is C19H17ClN4O5S. The normalized spacial score (nSPS) is 17.3. The molecular weight excluding hydrogens is 432 g/mol. The Morgan fingerprint density at radius 2 is 2.20 bits per heavy atom. The molecule has 1 unspecified atom stereocenters. The molecule has 2 aromatic rings. The number of thioether (sulfide) groups is 1. The number of nitrogens with zero attached hydrogens (tertiary/aromatic N) is 3. The van der Waals surface area contributed by atoms with Crippen molar-refractivity contribution >= 4 is 46.6 Å². The fourth-order valence-electron chi connectivity index (χ4n) is 2.43. The van der Waals surface area contributed by atoms with Gasteiger partial charge in [-0.2, -0.15) is 5.10 Å². The Kier molecular flexibility index (Phi) is 7.26. The van der Waals surface area contributed by atoms with E-state index in [4.69, 9.17) is 26.2 Å². The number of hydrogen-bond donors (Lipinski definition) is 2. The number of rotatable bonds is 8. The Balaban J connectivity index is 1.62. The predicted octanol–water partition coefficient (Wildman–Crippen LogP) is 2.72. The van der Waals surface area contributed by atoms with E-state index >= 15 is 0 Å². The largest absolute Gasteiger partial charge is 0.493 e. The summed E-state index contributed by atoms with van der Waals surface area (Å²) in [6.07, 6.45) is 2.85. The molecule has 0 spiro atoms. The number of carboxylic acid groups (broad SMARTS) is 1. The third-order valence-corrected chi connectivity index (χ3v) is 5.16. The number of aromatic nitrogens is 1. The van der Waals surface area contributed by atoms with Crippen LogP contribution in [0, 0.1) is 0 Å². The lowest BCUT2D eigenvalue weighted by Crippen LogP contribution is -2.26. The Labute approximate surface area is 181 Å². The molecule has 9 nitrogen and oxygen atoms in total. The van der Waals surface area contributed by atoms with Crippen LogP contribution in [0.3, 0.4) is 0 Å². The molecule has 156 valence electrons. The van der Waals surface area contributed by atoms with Gasteiger partial charge in [-0.05, 0) is 29.8 Å². The van der Waals surface area contributed by atoms with E-state index in [2.05, 4.69) is 20.5 Å². The fraction of sp³-hybridized carbons (Fsp3) is 0.211. The lowest BCUT2D eigenvalue weighted by atomic mass is 10.2. The summed E-state index contributed by atoms with van der Waals surface area (Å²) in [7, 11) is 1.53. The lowest BCUT2D eigenvalue weighted by Gasteiger charge is -2.11. The fourth-order valence-corrected chi connectivity index (χ4v) is 3.46.